The first-order valence-electron chi connectivity index (χ1n) is 5.63. The summed E-state index contributed by atoms with van der Waals surface area (Å²) in [5, 5.41) is 6.75. The van der Waals surface area contributed by atoms with E-state index in [0.717, 1.165) is 18.4 Å². The van der Waals surface area contributed by atoms with Crippen molar-refractivity contribution in [1.82, 2.24) is 10.2 Å². The number of nitrogens with zero attached hydrogens (tertiary/aromatic N) is 1. The lowest BCUT2D eigenvalue weighted by atomic mass is 10.0. The molecule has 0 aliphatic heterocycles. The summed E-state index contributed by atoms with van der Waals surface area (Å²) in [7, 11) is 0. The fourth-order valence-corrected chi connectivity index (χ4v) is 1.69. The van der Waals surface area contributed by atoms with Crippen molar-refractivity contribution >= 4 is 0 Å². The molecule has 0 fully saturated rings. The summed E-state index contributed by atoms with van der Waals surface area (Å²) in [5.41, 5.74) is 9.52. The Morgan fingerprint density at radius 2 is 2.00 bits per heavy atom. The molecule has 3 nitrogen and oxygen atoms in total. The summed E-state index contributed by atoms with van der Waals surface area (Å²) in [6, 6.07) is 8.76. The van der Waals surface area contributed by atoms with E-state index in [2.05, 4.69) is 41.4 Å². The van der Waals surface area contributed by atoms with Crippen LogP contribution in [0, 0.1) is 0 Å². The Morgan fingerprint density at radius 3 is 2.56 bits per heavy atom. The van der Waals surface area contributed by atoms with E-state index in [-0.39, 0.29) is 6.04 Å². The molecule has 1 unspecified atom stereocenters. The minimum Gasteiger partial charge on any atom is -0.327 e. The second-order valence-corrected chi connectivity index (χ2v) is 4.06. The van der Waals surface area contributed by atoms with E-state index in [1.807, 2.05) is 12.4 Å². The van der Waals surface area contributed by atoms with Gasteiger partial charge in [0.05, 0.1) is 6.20 Å². The number of H-pyrrole nitrogens is 1. The van der Waals surface area contributed by atoms with Gasteiger partial charge in [-0.05, 0) is 24.0 Å². The van der Waals surface area contributed by atoms with Gasteiger partial charge in [-0.15, -0.1) is 0 Å². The van der Waals surface area contributed by atoms with Crippen LogP contribution in [0.5, 0.6) is 0 Å². The molecule has 16 heavy (non-hydrogen) atoms. The normalized spacial score (nSPS) is 12.6. The first-order chi connectivity index (χ1) is 7.79. The summed E-state index contributed by atoms with van der Waals surface area (Å²) < 4.78 is 0. The highest BCUT2D eigenvalue weighted by Gasteiger charge is 2.02. The topological polar surface area (TPSA) is 54.7 Å². The van der Waals surface area contributed by atoms with Crippen molar-refractivity contribution in [2.24, 2.45) is 5.73 Å². The standard InChI is InChI=1S/C13H17N3/c1-2-13(14)7-10-3-5-11(6-4-10)12-8-15-16-9-12/h3-6,8-9,13H,2,7,14H2,1H3,(H,15,16). The van der Waals surface area contributed by atoms with Gasteiger partial charge in [0, 0.05) is 17.8 Å². The Kier molecular flexibility index (Phi) is 3.37. The van der Waals surface area contributed by atoms with Crippen LogP contribution >= 0.6 is 0 Å². The lowest BCUT2D eigenvalue weighted by molar-refractivity contribution is 0.646. The smallest absolute Gasteiger partial charge is 0.0565 e. The van der Waals surface area contributed by atoms with Gasteiger partial charge in [0.15, 0.2) is 0 Å². The number of nitrogens with two attached hydrogens (primary N) is 1. The zero-order chi connectivity index (χ0) is 11.4. The molecule has 3 heteroatoms. The predicted molar refractivity (Wildman–Crippen MR) is 66.0 cm³/mol. The average Bonchev–Trinajstić information content (AvgIpc) is 2.83. The van der Waals surface area contributed by atoms with Gasteiger partial charge < -0.3 is 5.73 Å². The Morgan fingerprint density at radius 1 is 1.25 bits per heavy atom. The third kappa shape index (κ3) is 2.49. The Labute approximate surface area is 95.7 Å². The maximum Gasteiger partial charge on any atom is 0.0565 e. The first kappa shape index (κ1) is 10.9. The molecule has 84 valence electrons. The van der Waals surface area contributed by atoms with Crippen molar-refractivity contribution in [3.63, 3.8) is 0 Å². The number of benzene rings is 1. The number of rotatable bonds is 4. The van der Waals surface area contributed by atoms with Gasteiger partial charge in [-0.3, -0.25) is 5.10 Å². The van der Waals surface area contributed by atoms with Crippen molar-refractivity contribution in [1.29, 1.82) is 0 Å². The molecule has 0 aliphatic carbocycles. The largest absolute Gasteiger partial charge is 0.327 e. The van der Waals surface area contributed by atoms with Gasteiger partial charge in [-0.1, -0.05) is 31.2 Å². The second kappa shape index (κ2) is 4.94. The molecule has 0 spiro atoms. The number of aromatic amines is 1. The highest BCUT2D eigenvalue weighted by Crippen LogP contribution is 2.18. The van der Waals surface area contributed by atoms with E-state index in [0.29, 0.717) is 0 Å². The van der Waals surface area contributed by atoms with Crippen molar-refractivity contribution in [2.45, 2.75) is 25.8 Å². The van der Waals surface area contributed by atoms with Crippen molar-refractivity contribution < 1.29 is 0 Å². The van der Waals surface area contributed by atoms with Crippen LogP contribution in [-0.2, 0) is 6.42 Å². The van der Waals surface area contributed by atoms with E-state index in [9.17, 15) is 0 Å². The summed E-state index contributed by atoms with van der Waals surface area (Å²) in [6.45, 7) is 2.12. The van der Waals surface area contributed by atoms with E-state index in [1.54, 1.807) is 0 Å². The lowest BCUT2D eigenvalue weighted by Gasteiger charge is -2.08. The lowest BCUT2D eigenvalue weighted by Crippen LogP contribution is -2.21. The third-order valence-electron chi connectivity index (χ3n) is 2.81. The van der Waals surface area contributed by atoms with E-state index in [4.69, 9.17) is 5.73 Å². The molecule has 3 N–H and O–H groups in total. The molecule has 0 aliphatic rings. The minimum atomic E-state index is 0.264. The summed E-state index contributed by atoms with van der Waals surface area (Å²) in [5.74, 6) is 0. The number of aromatic nitrogens is 2. The van der Waals surface area contributed by atoms with Gasteiger partial charge in [0.1, 0.15) is 0 Å². The van der Waals surface area contributed by atoms with E-state index >= 15 is 0 Å². The molecule has 1 heterocycles. The fourth-order valence-electron chi connectivity index (χ4n) is 1.69. The third-order valence-corrected chi connectivity index (χ3v) is 2.81. The van der Waals surface area contributed by atoms with Crippen molar-refractivity contribution in [3.8, 4) is 11.1 Å². The molecule has 0 amide bonds. The fraction of sp³-hybridized carbons (Fsp3) is 0.308. The minimum absolute atomic E-state index is 0.264. The molecular weight excluding hydrogens is 198 g/mol. The number of hydrogen-bond donors (Lipinski definition) is 2. The van der Waals surface area contributed by atoms with Crippen LogP contribution in [0.3, 0.4) is 0 Å². The Hall–Kier alpha value is -1.61. The molecule has 1 aromatic heterocycles. The second-order valence-electron chi connectivity index (χ2n) is 4.06. The zero-order valence-corrected chi connectivity index (χ0v) is 9.48. The summed E-state index contributed by atoms with van der Waals surface area (Å²) in [4.78, 5) is 0. The molecule has 1 atom stereocenters. The molecule has 0 radical (unpaired) electrons. The molecule has 0 bridgehead atoms. The quantitative estimate of drug-likeness (QED) is 0.822. The number of nitrogens with one attached hydrogen (secondary N) is 1. The molecule has 0 saturated heterocycles. The van der Waals surface area contributed by atoms with Crippen LogP contribution in [0.25, 0.3) is 11.1 Å². The Balaban J connectivity index is 2.11. The maximum atomic E-state index is 5.92. The highest BCUT2D eigenvalue weighted by molar-refractivity contribution is 5.61. The maximum absolute atomic E-state index is 5.92. The van der Waals surface area contributed by atoms with Crippen LogP contribution in [0.2, 0.25) is 0 Å². The Bertz CT molecular complexity index is 417. The first-order valence-corrected chi connectivity index (χ1v) is 5.63. The van der Waals surface area contributed by atoms with Gasteiger partial charge in [-0.25, -0.2) is 0 Å². The zero-order valence-electron chi connectivity index (χ0n) is 9.48. The van der Waals surface area contributed by atoms with Crippen LogP contribution in [-0.4, -0.2) is 16.2 Å². The molecule has 2 rings (SSSR count). The van der Waals surface area contributed by atoms with Crippen LogP contribution < -0.4 is 5.73 Å². The highest BCUT2D eigenvalue weighted by atomic mass is 15.1. The molecule has 2 aromatic rings. The van der Waals surface area contributed by atoms with Crippen LogP contribution in [0.4, 0.5) is 0 Å². The van der Waals surface area contributed by atoms with Gasteiger partial charge in [-0.2, -0.15) is 5.10 Å². The summed E-state index contributed by atoms with van der Waals surface area (Å²) in [6.07, 6.45) is 5.69. The number of hydrogen-bond acceptors (Lipinski definition) is 2. The van der Waals surface area contributed by atoms with Gasteiger partial charge in [0.25, 0.3) is 0 Å². The molecule has 1 aromatic carbocycles. The van der Waals surface area contributed by atoms with Gasteiger partial charge in [0.2, 0.25) is 0 Å². The SMILES string of the molecule is CCC(N)Cc1ccc(-c2cn[nH]c2)cc1. The van der Waals surface area contributed by atoms with Crippen LogP contribution in [0.15, 0.2) is 36.7 Å². The van der Waals surface area contributed by atoms with Crippen LogP contribution in [0.1, 0.15) is 18.9 Å². The summed E-state index contributed by atoms with van der Waals surface area (Å²) >= 11 is 0. The predicted octanol–water partition coefficient (Wildman–Crippen LogP) is 2.36. The van der Waals surface area contributed by atoms with E-state index in [1.165, 1.54) is 11.1 Å². The monoisotopic (exact) mass is 215 g/mol. The van der Waals surface area contributed by atoms with Crippen molar-refractivity contribution in [2.75, 3.05) is 0 Å². The average molecular weight is 215 g/mol. The molecular formula is C13H17N3. The van der Waals surface area contributed by atoms with Crippen molar-refractivity contribution in [3.05, 3.63) is 42.2 Å². The molecule has 0 saturated carbocycles. The van der Waals surface area contributed by atoms with Gasteiger partial charge >= 0.3 is 0 Å². The van der Waals surface area contributed by atoms with E-state index < -0.39 is 0 Å².